The van der Waals surface area contributed by atoms with Crippen LogP contribution in [0.25, 0.3) is 11.3 Å². The maximum absolute atomic E-state index is 14.4. The fourth-order valence-electron chi connectivity index (χ4n) is 2.29. The van der Waals surface area contributed by atoms with Crippen molar-refractivity contribution in [1.82, 2.24) is 19.4 Å². The molecule has 0 aliphatic carbocycles. The molecular formula is C15H13F4N5S. The maximum Gasteiger partial charge on any atom is 0.435 e. The van der Waals surface area contributed by atoms with Crippen LogP contribution in [0.2, 0.25) is 0 Å². The topological polar surface area (TPSA) is 55.6 Å². The summed E-state index contributed by atoms with van der Waals surface area (Å²) >= 11 is 1.24. The molecule has 0 spiro atoms. The number of hydrogen-bond donors (Lipinski definition) is 1. The monoisotopic (exact) mass is 371 g/mol. The summed E-state index contributed by atoms with van der Waals surface area (Å²) in [7, 11) is 1.34. The summed E-state index contributed by atoms with van der Waals surface area (Å²) in [6.45, 7) is 2.26. The SMILES string of the molecule is Cc1nnsc1CNc1ccc(-c2cc(C(F)(F)F)nn2C)c(F)c1. The predicted octanol–water partition coefficient (Wildman–Crippen LogP) is 4.02. The molecule has 0 amide bonds. The predicted molar refractivity (Wildman–Crippen MR) is 85.6 cm³/mol. The lowest BCUT2D eigenvalue weighted by molar-refractivity contribution is -0.141. The molecule has 0 aliphatic rings. The third-order valence-electron chi connectivity index (χ3n) is 3.61. The van der Waals surface area contributed by atoms with E-state index in [2.05, 4.69) is 20.0 Å². The van der Waals surface area contributed by atoms with Crippen LogP contribution in [0.3, 0.4) is 0 Å². The van der Waals surface area contributed by atoms with Crippen molar-refractivity contribution < 1.29 is 17.6 Å². The van der Waals surface area contributed by atoms with Gasteiger partial charge in [0.15, 0.2) is 5.69 Å². The van der Waals surface area contributed by atoms with Crippen LogP contribution >= 0.6 is 11.5 Å². The number of hydrogen-bond acceptors (Lipinski definition) is 5. The molecule has 0 saturated carbocycles. The number of aryl methyl sites for hydroxylation is 2. The third kappa shape index (κ3) is 3.63. The van der Waals surface area contributed by atoms with Crippen LogP contribution in [0, 0.1) is 12.7 Å². The van der Waals surface area contributed by atoms with Gasteiger partial charge in [0.1, 0.15) is 5.82 Å². The van der Waals surface area contributed by atoms with Crippen LogP contribution in [0.1, 0.15) is 16.3 Å². The number of rotatable bonds is 4. The minimum atomic E-state index is -4.57. The molecule has 3 rings (SSSR count). The minimum Gasteiger partial charge on any atom is -0.380 e. The normalized spacial score (nSPS) is 11.8. The molecule has 0 saturated heterocycles. The average molecular weight is 371 g/mol. The Morgan fingerprint density at radius 2 is 2.00 bits per heavy atom. The Bertz CT molecular complexity index is 900. The second-order valence-corrected chi connectivity index (χ2v) is 6.20. The molecule has 25 heavy (non-hydrogen) atoms. The van der Waals surface area contributed by atoms with Gasteiger partial charge in [-0.3, -0.25) is 4.68 Å². The zero-order valence-electron chi connectivity index (χ0n) is 13.2. The Labute approximate surface area is 144 Å². The van der Waals surface area contributed by atoms with Crippen molar-refractivity contribution in [3.05, 3.63) is 46.3 Å². The van der Waals surface area contributed by atoms with Crippen LogP contribution in [0.4, 0.5) is 23.2 Å². The molecule has 1 aromatic carbocycles. The highest BCUT2D eigenvalue weighted by molar-refractivity contribution is 7.05. The maximum atomic E-state index is 14.4. The molecule has 1 N–H and O–H groups in total. The molecule has 5 nitrogen and oxygen atoms in total. The summed E-state index contributed by atoms with van der Waals surface area (Å²) in [6.07, 6.45) is -4.57. The van der Waals surface area contributed by atoms with E-state index < -0.39 is 17.7 Å². The van der Waals surface area contributed by atoms with Crippen molar-refractivity contribution in [1.29, 1.82) is 0 Å². The molecule has 0 unspecified atom stereocenters. The van der Waals surface area contributed by atoms with Crippen LogP contribution < -0.4 is 5.32 Å². The lowest BCUT2D eigenvalue weighted by Gasteiger charge is -2.08. The second kappa shape index (κ2) is 6.43. The van der Waals surface area contributed by atoms with Crippen LogP contribution in [-0.2, 0) is 19.8 Å². The van der Waals surface area contributed by atoms with Gasteiger partial charge in [-0.1, -0.05) is 4.49 Å². The van der Waals surface area contributed by atoms with E-state index in [0.29, 0.717) is 12.2 Å². The van der Waals surface area contributed by atoms with Crippen LogP contribution in [0.15, 0.2) is 24.3 Å². The summed E-state index contributed by atoms with van der Waals surface area (Å²) in [5.41, 5.74) is 0.349. The first kappa shape index (κ1) is 17.3. The van der Waals surface area contributed by atoms with Gasteiger partial charge in [-0.15, -0.1) is 5.10 Å². The zero-order chi connectivity index (χ0) is 18.2. The summed E-state index contributed by atoms with van der Waals surface area (Å²) in [5, 5.41) is 10.3. The number of nitrogens with zero attached hydrogens (tertiary/aromatic N) is 4. The van der Waals surface area contributed by atoms with Gasteiger partial charge in [-0.05, 0) is 42.7 Å². The Balaban J connectivity index is 1.83. The van der Waals surface area contributed by atoms with E-state index in [1.807, 2.05) is 6.92 Å². The van der Waals surface area contributed by atoms with Gasteiger partial charge in [-0.2, -0.15) is 18.3 Å². The number of aromatic nitrogens is 4. The smallest absolute Gasteiger partial charge is 0.380 e. The van der Waals surface area contributed by atoms with Gasteiger partial charge in [0.2, 0.25) is 0 Å². The second-order valence-electron chi connectivity index (χ2n) is 5.37. The third-order valence-corrected chi connectivity index (χ3v) is 4.44. The van der Waals surface area contributed by atoms with Crippen molar-refractivity contribution in [2.24, 2.45) is 7.05 Å². The van der Waals surface area contributed by atoms with E-state index in [9.17, 15) is 17.6 Å². The first-order valence-electron chi connectivity index (χ1n) is 7.18. The van der Waals surface area contributed by atoms with Gasteiger partial charge in [0, 0.05) is 18.3 Å². The van der Waals surface area contributed by atoms with E-state index in [0.717, 1.165) is 21.3 Å². The van der Waals surface area contributed by atoms with Gasteiger partial charge in [-0.25, -0.2) is 4.39 Å². The van der Waals surface area contributed by atoms with Crippen molar-refractivity contribution in [3.63, 3.8) is 0 Å². The lowest BCUT2D eigenvalue weighted by atomic mass is 10.1. The molecule has 2 heterocycles. The molecule has 0 atom stereocenters. The fraction of sp³-hybridized carbons (Fsp3) is 0.267. The van der Waals surface area contributed by atoms with E-state index in [-0.39, 0.29) is 11.3 Å². The van der Waals surface area contributed by atoms with Crippen molar-refractivity contribution >= 4 is 17.2 Å². The summed E-state index contributed by atoms with van der Waals surface area (Å²) in [4.78, 5) is 0.922. The Hall–Kier alpha value is -2.49. The summed E-state index contributed by atoms with van der Waals surface area (Å²) < 4.78 is 57.4. The number of alkyl halides is 3. The first-order valence-corrected chi connectivity index (χ1v) is 7.96. The largest absolute Gasteiger partial charge is 0.435 e. The van der Waals surface area contributed by atoms with E-state index in [1.165, 1.54) is 30.7 Å². The van der Waals surface area contributed by atoms with E-state index in [1.54, 1.807) is 6.07 Å². The van der Waals surface area contributed by atoms with Gasteiger partial charge in [0.25, 0.3) is 0 Å². The highest BCUT2D eigenvalue weighted by atomic mass is 32.1. The fourth-order valence-corrected chi connectivity index (χ4v) is 2.86. The highest BCUT2D eigenvalue weighted by Gasteiger charge is 2.35. The molecule has 0 radical (unpaired) electrons. The Morgan fingerprint density at radius 3 is 2.56 bits per heavy atom. The van der Waals surface area contributed by atoms with Crippen molar-refractivity contribution in [2.45, 2.75) is 19.6 Å². The summed E-state index contributed by atoms with van der Waals surface area (Å²) in [5.74, 6) is -0.638. The van der Waals surface area contributed by atoms with Gasteiger partial charge < -0.3 is 5.32 Å². The molecule has 0 bridgehead atoms. The molecule has 0 fully saturated rings. The molecule has 10 heteroatoms. The molecule has 0 aliphatic heterocycles. The molecular weight excluding hydrogens is 358 g/mol. The standard InChI is InChI=1S/C15H13F4N5S/c1-8-13(25-23-21-8)7-20-9-3-4-10(11(16)5-9)12-6-14(15(17,18)19)22-24(12)2/h3-6,20H,7H2,1-2H3. The number of anilines is 1. The number of benzene rings is 1. The number of halogens is 4. The van der Waals surface area contributed by atoms with Gasteiger partial charge >= 0.3 is 6.18 Å². The van der Waals surface area contributed by atoms with E-state index >= 15 is 0 Å². The molecule has 132 valence electrons. The highest BCUT2D eigenvalue weighted by Crippen LogP contribution is 2.32. The van der Waals surface area contributed by atoms with Crippen LogP contribution in [0.5, 0.6) is 0 Å². The Kier molecular flexibility index (Phi) is 4.46. The average Bonchev–Trinajstić information content (AvgIpc) is 3.11. The van der Waals surface area contributed by atoms with Crippen LogP contribution in [-0.4, -0.2) is 19.4 Å². The number of nitrogens with one attached hydrogen (secondary N) is 1. The van der Waals surface area contributed by atoms with Crippen molar-refractivity contribution in [2.75, 3.05) is 5.32 Å². The van der Waals surface area contributed by atoms with Gasteiger partial charge in [0.05, 0.1) is 22.8 Å². The summed E-state index contributed by atoms with van der Waals surface area (Å²) in [6, 6.07) is 5.09. The lowest BCUT2D eigenvalue weighted by Crippen LogP contribution is -2.06. The quantitative estimate of drug-likeness (QED) is 0.704. The van der Waals surface area contributed by atoms with E-state index in [4.69, 9.17) is 0 Å². The first-order chi connectivity index (χ1) is 11.8. The van der Waals surface area contributed by atoms with Crippen molar-refractivity contribution in [3.8, 4) is 11.3 Å². The molecule has 3 aromatic rings. The molecule has 2 aromatic heterocycles. The Morgan fingerprint density at radius 1 is 1.24 bits per heavy atom. The zero-order valence-corrected chi connectivity index (χ0v) is 14.0. The minimum absolute atomic E-state index is 0.0479.